The third kappa shape index (κ3) is 5.51. The average molecular weight is 281 g/mol. The second kappa shape index (κ2) is 7.65. The van der Waals surface area contributed by atoms with Gasteiger partial charge in [-0.2, -0.15) is 0 Å². The summed E-state index contributed by atoms with van der Waals surface area (Å²) in [6, 6.07) is 0. The Balaban J connectivity index is 1.68. The fourth-order valence-corrected chi connectivity index (χ4v) is 3.21. The van der Waals surface area contributed by atoms with E-state index in [1.54, 1.807) is 4.90 Å². The average Bonchev–Trinajstić information content (AvgIpc) is 3.22. The molecule has 0 radical (unpaired) electrons. The molecule has 2 saturated carbocycles. The third-order valence-corrected chi connectivity index (χ3v) is 4.58. The molecule has 1 amide bonds. The van der Waals surface area contributed by atoms with Crippen molar-refractivity contribution < 1.29 is 14.7 Å². The van der Waals surface area contributed by atoms with Crippen molar-refractivity contribution in [2.75, 3.05) is 13.1 Å². The Hall–Kier alpha value is -1.06. The molecule has 0 bridgehead atoms. The van der Waals surface area contributed by atoms with Gasteiger partial charge in [0.15, 0.2) is 0 Å². The van der Waals surface area contributed by atoms with Gasteiger partial charge in [0.25, 0.3) is 0 Å². The van der Waals surface area contributed by atoms with Crippen LogP contribution in [0.3, 0.4) is 0 Å². The van der Waals surface area contributed by atoms with Crippen molar-refractivity contribution in [3.8, 4) is 0 Å². The van der Waals surface area contributed by atoms with E-state index in [-0.39, 0.29) is 12.5 Å². The predicted molar refractivity (Wildman–Crippen MR) is 77.4 cm³/mol. The van der Waals surface area contributed by atoms with Gasteiger partial charge in [0.05, 0.1) is 0 Å². The third-order valence-electron chi connectivity index (χ3n) is 4.58. The number of hydrogen-bond donors (Lipinski definition) is 1. The van der Waals surface area contributed by atoms with Crippen LogP contribution in [0, 0.1) is 11.8 Å². The molecule has 0 atom stereocenters. The topological polar surface area (TPSA) is 57.6 Å². The first-order valence-corrected chi connectivity index (χ1v) is 8.14. The molecule has 20 heavy (non-hydrogen) atoms. The lowest BCUT2D eigenvalue weighted by Crippen LogP contribution is -2.37. The monoisotopic (exact) mass is 281 g/mol. The molecule has 114 valence electrons. The predicted octanol–water partition coefficient (Wildman–Crippen LogP) is 3.06. The van der Waals surface area contributed by atoms with E-state index in [9.17, 15) is 9.59 Å². The smallest absolute Gasteiger partial charge is 0.323 e. The van der Waals surface area contributed by atoms with Crippen molar-refractivity contribution in [1.82, 2.24) is 4.90 Å². The summed E-state index contributed by atoms with van der Waals surface area (Å²) < 4.78 is 0. The van der Waals surface area contributed by atoms with Crippen LogP contribution in [-0.2, 0) is 9.59 Å². The molecule has 0 heterocycles. The second-order valence-electron chi connectivity index (χ2n) is 6.51. The lowest BCUT2D eigenvalue weighted by molar-refractivity contribution is -0.144. The summed E-state index contributed by atoms with van der Waals surface area (Å²) in [5.41, 5.74) is 0. The molecule has 0 aliphatic heterocycles. The molecule has 4 heteroatoms. The van der Waals surface area contributed by atoms with Crippen LogP contribution in [0.15, 0.2) is 0 Å². The summed E-state index contributed by atoms with van der Waals surface area (Å²) in [7, 11) is 0. The fraction of sp³-hybridized carbons (Fsp3) is 0.875. The van der Waals surface area contributed by atoms with Gasteiger partial charge in [-0.15, -0.1) is 0 Å². The summed E-state index contributed by atoms with van der Waals surface area (Å²) >= 11 is 0. The zero-order chi connectivity index (χ0) is 14.4. The molecule has 2 aliphatic rings. The quantitative estimate of drug-likeness (QED) is 0.744. The maximum absolute atomic E-state index is 12.1. The minimum Gasteiger partial charge on any atom is -0.480 e. The highest BCUT2D eigenvalue weighted by Gasteiger charge is 2.27. The Morgan fingerprint density at radius 1 is 1.00 bits per heavy atom. The highest BCUT2D eigenvalue weighted by atomic mass is 16.4. The van der Waals surface area contributed by atoms with E-state index in [1.165, 1.54) is 32.1 Å². The van der Waals surface area contributed by atoms with Crippen molar-refractivity contribution in [3.05, 3.63) is 0 Å². The summed E-state index contributed by atoms with van der Waals surface area (Å²) in [6.07, 6.45) is 11.5. The van der Waals surface area contributed by atoms with Crippen LogP contribution >= 0.6 is 0 Å². The molecular formula is C16H27NO3. The lowest BCUT2D eigenvalue weighted by Gasteiger charge is -2.23. The summed E-state index contributed by atoms with van der Waals surface area (Å²) in [5, 5.41) is 8.90. The molecule has 0 saturated heterocycles. The maximum atomic E-state index is 12.1. The van der Waals surface area contributed by atoms with Crippen LogP contribution in [0.2, 0.25) is 0 Å². The Morgan fingerprint density at radius 2 is 1.70 bits per heavy atom. The van der Waals surface area contributed by atoms with Crippen LogP contribution in [0.25, 0.3) is 0 Å². The van der Waals surface area contributed by atoms with Gasteiger partial charge in [-0.05, 0) is 37.5 Å². The molecular weight excluding hydrogens is 254 g/mol. The van der Waals surface area contributed by atoms with Crippen LogP contribution < -0.4 is 0 Å². The molecule has 2 rings (SSSR count). The largest absolute Gasteiger partial charge is 0.480 e. The van der Waals surface area contributed by atoms with E-state index >= 15 is 0 Å². The van der Waals surface area contributed by atoms with E-state index in [1.807, 2.05) is 0 Å². The van der Waals surface area contributed by atoms with Crippen molar-refractivity contribution in [3.63, 3.8) is 0 Å². The van der Waals surface area contributed by atoms with E-state index in [0.717, 1.165) is 31.6 Å². The first-order valence-electron chi connectivity index (χ1n) is 8.14. The van der Waals surface area contributed by atoms with Crippen molar-refractivity contribution in [2.24, 2.45) is 11.8 Å². The zero-order valence-electron chi connectivity index (χ0n) is 12.4. The minimum absolute atomic E-state index is 0.0371. The van der Waals surface area contributed by atoms with Gasteiger partial charge >= 0.3 is 5.97 Å². The normalized spacial score (nSPS) is 19.8. The minimum atomic E-state index is -0.897. The number of amides is 1. The number of aliphatic carboxylic acids is 1. The zero-order valence-corrected chi connectivity index (χ0v) is 12.4. The van der Waals surface area contributed by atoms with Gasteiger partial charge in [-0.1, -0.05) is 32.1 Å². The van der Waals surface area contributed by atoms with E-state index in [2.05, 4.69) is 0 Å². The molecule has 0 aromatic carbocycles. The van der Waals surface area contributed by atoms with E-state index in [0.29, 0.717) is 18.9 Å². The number of carboxylic acids is 1. The van der Waals surface area contributed by atoms with Crippen LogP contribution in [0.5, 0.6) is 0 Å². The SMILES string of the molecule is O=C(O)CN(CC1CC1)C(=O)CCCC1CCCCC1. The van der Waals surface area contributed by atoms with Crippen LogP contribution in [-0.4, -0.2) is 35.0 Å². The van der Waals surface area contributed by atoms with E-state index in [4.69, 9.17) is 5.11 Å². The van der Waals surface area contributed by atoms with Crippen molar-refractivity contribution in [2.45, 2.75) is 64.2 Å². The highest BCUT2D eigenvalue weighted by molar-refractivity contribution is 5.81. The highest BCUT2D eigenvalue weighted by Crippen LogP contribution is 2.30. The van der Waals surface area contributed by atoms with Crippen LogP contribution in [0.1, 0.15) is 64.2 Å². The molecule has 0 aromatic heterocycles. The van der Waals surface area contributed by atoms with E-state index < -0.39 is 5.97 Å². The van der Waals surface area contributed by atoms with Gasteiger partial charge in [0.2, 0.25) is 5.91 Å². The number of nitrogens with zero attached hydrogens (tertiary/aromatic N) is 1. The maximum Gasteiger partial charge on any atom is 0.323 e. The molecule has 0 unspecified atom stereocenters. The Kier molecular flexibility index (Phi) is 5.86. The second-order valence-corrected chi connectivity index (χ2v) is 6.51. The Labute approximate surface area is 121 Å². The molecule has 1 N–H and O–H groups in total. The number of rotatable bonds is 8. The van der Waals surface area contributed by atoms with Gasteiger partial charge < -0.3 is 10.0 Å². The van der Waals surface area contributed by atoms with Crippen molar-refractivity contribution in [1.29, 1.82) is 0 Å². The molecule has 4 nitrogen and oxygen atoms in total. The summed E-state index contributed by atoms with van der Waals surface area (Å²) in [6.45, 7) is 0.521. The molecule has 0 spiro atoms. The first-order chi connectivity index (χ1) is 9.65. The summed E-state index contributed by atoms with van der Waals surface area (Å²) in [4.78, 5) is 24.5. The summed E-state index contributed by atoms with van der Waals surface area (Å²) in [5.74, 6) is 0.492. The number of hydrogen-bond acceptors (Lipinski definition) is 2. The number of carbonyl (C=O) groups excluding carboxylic acids is 1. The van der Waals surface area contributed by atoms with Gasteiger partial charge in [-0.3, -0.25) is 9.59 Å². The van der Waals surface area contributed by atoms with Gasteiger partial charge in [0, 0.05) is 13.0 Å². The first kappa shape index (κ1) is 15.3. The molecule has 2 aliphatic carbocycles. The lowest BCUT2D eigenvalue weighted by atomic mass is 9.86. The standard InChI is InChI=1S/C16H27NO3/c18-15(8-4-7-13-5-2-1-3-6-13)17(12-16(19)20)11-14-9-10-14/h13-14H,1-12H2,(H,19,20). The number of carbonyl (C=O) groups is 2. The van der Waals surface area contributed by atoms with Crippen molar-refractivity contribution >= 4 is 11.9 Å². The van der Waals surface area contributed by atoms with Gasteiger partial charge in [0.1, 0.15) is 6.54 Å². The molecule has 0 aromatic rings. The Morgan fingerprint density at radius 3 is 2.30 bits per heavy atom. The number of carboxylic acid groups (broad SMARTS) is 1. The fourth-order valence-electron chi connectivity index (χ4n) is 3.21. The Bertz CT molecular complexity index is 333. The molecule has 2 fully saturated rings. The van der Waals surface area contributed by atoms with Crippen LogP contribution in [0.4, 0.5) is 0 Å². The van der Waals surface area contributed by atoms with Gasteiger partial charge in [-0.25, -0.2) is 0 Å².